The Balaban J connectivity index is 1.75. The fraction of sp³-hybridized carbons (Fsp3) is 0.174. The lowest BCUT2D eigenvalue weighted by molar-refractivity contribution is 0.100. The van der Waals surface area contributed by atoms with Crippen LogP contribution < -0.4 is 11.1 Å². The van der Waals surface area contributed by atoms with Crippen LogP contribution >= 0.6 is 0 Å². The van der Waals surface area contributed by atoms with Gasteiger partial charge in [-0.25, -0.2) is 4.98 Å². The molecule has 0 aliphatic carbocycles. The van der Waals surface area contributed by atoms with Gasteiger partial charge < -0.3 is 11.1 Å². The predicted octanol–water partition coefficient (Wildman–Crippen LogP) is 4.42. The Morgan fingerprint density at radius 3 is 2.50 bits per heavy atom. The molecule has 5 heteroatoms. The summed E-state index contributed by atoms with van der Waals surface area (Å²) < 4.78 is 0. The van der Waals surface area contributed by atoms with E-state index in [1.807, 2.05) is 6.07 Å². The fourth-order valence-corrected chi connectivity index (χ4v) is 3.20. The number of nitrogens with one attached hydrogen (secondary N) is 1. The van der Waals surface area contributed by atoms with E-state index in [1.54, 1.807) is 30.6 Å². The highest BCUT2D eigenvalue weighted by Gasteiger charge is 2.11. The molecule has 0 atom stereocenters. The van der Waals surface area contributed by atoms with Crippen molar-refractivity contribution in [2.24, 2.45) is 5.73 Å². The van der Waals surface area contributed by atoms with Gasteiger partial charge in [0.15, 0.2) is 5.82 Å². The van der Waals surface area contributed by atoms with Crippen LogP contribution in [-0.2, 0) is 6.42 Å². The van der Waals surface area contributed by atoms with E-state index >= 15 is 0 Å². The summed E-state index contributed by atoms with van der Waals surface area (Å²) in [5, 5.41) is 3.27. The fourth-order valence-electron chi connectivity index (χ4n) is 3.20. The van der Waals surface area contributed by atoms with Crippen molar-refractivity contribution in [3.63, 3.8) is 0 Å². The molecule has 0 spiro atoms. The summed E-state index contributed by atoms with van der Waals surface area (Å²) in [6, 6.07) is 13.6. The molecule has 3 N–H and O–H groups in total. The molecule has 3 aromatic rings. The van der Waals surface area contributed by atoms with Gasteiger partial charge in [0.05, 0.1) is 0 Å². The van der Waals surface area contributed by atoms with E-state index in [-0.39, 0.29) is 0 Å². The standard InChI is InChI=1S/C23H24N4O/c1-15-11-16(2)13-18(12-15)8-7-17(3)27-23-21(25-9-10-26-23)19-5-4-6-20(14-19)22(24)28/h4-6,9-14H,3,7-8H2,1-2H3,(H2,24,28)(H,26,27). The van der Waals surface area contributed by atoms with Crippen molar-refractivity contribution in [2.75, 3.05) is 5.32 Å². The van der Waals surface area contributed by atoms with Crippen LogP contribution in [0, 0.1) is 13.8 Å². The third-order valence-corrected chi connectivity index (χ3v) is 4.41. The summed E-state index contributed by atoms with van der Waals surface area (Å²) in [6.07, 6.45) is 4.91. The lowest BCUT2D eigenvalue weighted by Crippen LogP contribution is -2.11. The first-order chi connectivity index (χ1) is 13.4. The number of aromatic nitrogens is 2. The molecule has 3 rings (SSSR count). The lowest BCUT2D eigenvalue weighted by Gasteiger charge is -2.13. The minimum absolute atomic E-state index is 0.433. The van der Waals surface area contributed by atoms with Gasteiger partial charge in [-0.15, -0.1) is 0 Å². The highest BCUT2D eigenvalue weighted by molar-refractivity contribution is 5.94. The first-order valence-electron chi connectivity index (χ1n) is 9.15. The number of allylic oxidation sites excluding steroid dienone is 1. The van der Waals surface area contributed by atoms with E-state index in [2.05, 4.69) is 53.9 Å². The Bertz CT molecular complexity index is 1010. The van der Waals surface area contributed by atoms with Crippen LogP contribution in [0.5, 0.6) is 0 Å². The molecule has 142 valence electrons. The summed E-state index contributed by atoms with van der Waals surface area (Å²) in [5.41, 5.74) is 11.9. The third kappa shape index (κ3) is 4.82. The molecule has 1 amide bonds. The van der Waals surface area contributed by atoms with E-state index in [0.29, 0.717) is 17.1 Å². The van der Waals surface area contributed by atoms with E-state index in [1.165, 1.54) is 16.7 Å². The molecule has 28 heavy (non-hydrogen) atoms. The number of nitrogens with two attached hydrogens (primary N) is 1. The van der Waals surface area contributed by atoms with Crippen molar-refractivity contribution >= 4 is 11.7 Å². The molecule has 0 radical (unpaired) electrons. The average Bonchev–Trinajstić information content (AvgIpc) is 2.66. The van der Waals surface area contributed by atoms with Crippen LogP contribution in [0.2, 0.25) is 0 Å². The molecule has 1 heterocycles. The number of nitrogens with zero attached hydrogens (tertiary/aromatic N) is 2. The molecule has 0 bridgehead atoms. The molecule has 0 fully saturated rings. The Hall–Kier alpha value is -3.47. The third-order valence-electron chi connectivity index (χ3n) is 4.41. The number of rotatable bonds is 7. The number of carbonyl (C=O) groups is 1. The van der Waals surface area contributed by atoms with Crippen LogP contribution in [0.15, 0.2) is 67.1 Å². The highest BCUT2D eigenvalue weighted by Crippen LogP contribution is 2.26. The topological polar surface area (TPSA) is 80.9 Å². The first kappa shape index (κ1) is 19.3. The number of primary amides is 1. The molecule has 5 nitrogen and oxygen atoms in total. The van der Waals surface area contributed by atoms with Crippen molar-refractivity contribution in [1.82, 2.24) is 9.97 Å². The maximum absolute atomic E-state index is 11.5. The van der Waals surface area contributed by atoms with Gasteiger partial charge in [-0.2, -0.15) is 0 Å². The lowest BCUT2D eigenvalue weighted by atomic mass is 10.0. The number of aryl methyl sites for hydroxylation is 3. The Morgan fingerprint density at radius 1 is 1.07 bits per heavy atom. The van der Waals surface area contributed by atoms with Gasteiger partial charge in [0.25, 0.3) is 0 Å². The quantitative estimate of drug-likeness (QED) is 0.643. The van der Waals surface area contributed by atoms with Crippen molar-refractivity contribution in [3.8, 4) is 11.3 Å². The second-order valence-electron chi connectivity index (χ2n) is 6.92. The molecule has 2 aromatic carbocycles. The number of carbonyl (C=O) groups excluding carboxylic acids is 1. The number of benzene rings is 2. The van der Waals surface area contributed by atoms with Gasteiger partial charge in [-0.1, -0.05) is 48.0 Å². The largest absolute Gasteiger partial charge is 0.366 e. The summed E-state index contributed by atoms with van der Waals surface area (Å²) >= 11 is 0. The monoisotopic (exact) mass is 372 g/mol. The minimum atomic E-state index is -0.474. The van der Waals surface area contributed by atoms with Crippen molar-refractivity contribution in [1.29, 1.82) is 0 Å². The van der Waals surface area contributed by atoms with Crippen molar-refractivity contribution in [3.05, 3.63) is 89.4 Å². The van der Waals surface area contributed by atoms with Crippen LogP contribution in [0.1, 0.15) is 33.5 Å². The molecule has 0 unspecified atom stereocenters. The molecular formula is C23H24N4O. The van der Waals surface area contributed by atoms with Crippen LogP contribution in [0.4, 0.5) is 5.82 Å². The van der Waals surface area contributed by atoms with E-state index in [0.717, 1.165) is 24.1 Å². The summed E-state index contributed by atoms with van der Waals surface area (Å²) in [6.45, 7) is 8.35. The zero-order chi connectivity index (χ0) is 20.1. The number of amides is 1. The Kier molecular flexibility index (Phi) is 5.84. The van der Waals surface area contributed by atoms with Crippen LogP contribution in [0.25, 0.3) is 11.3 Å². The average molecular weight is 372 g/mol. The van der Waals surface area contributed by atoms with Crippen LogP contribution in [0.3, 0.4) is 0 Å². The molecule has 1 aromatic heterocycles. The van der Waals surface area contributed by atoms with Crippen molar-refractivity contribution in [2.45, 2.75) is 26.7 Å². The Morgan fingerprint density at radius 2 is 1.79 bits per heavy atom. The van der Waals surface area contributed by atoms with Gasteiger partial charge in [-0.3, -0.25) is 9.78 Å². The van der Waals surface area contributed by atoms with Gasteiger partial charge >= 0.3 is 0 Å². The summed E-state index contributed by atoms with van der Waals surface area (Å²) in [4.78, 5) is 20.3. The number of hydrogen-bond acceptors (Lipinski definition) is 4. The number of anilines is 1. The van der Waals surface area contributed by atoms with Gasteiger partial charge in [0, 0.05) is 29.2 Å². The predicted molar refractivity (Wildman–Crippen MR) is 113 cm³/mol. The van der Waals surface area contributed by atoms with E-state index < -0.39 is 5.91 Å². The van der Waals surface area contributed by atoms with Crippen molar-refractivity contribution < 1.29 is 4.79 Å². The second-order valence-corrected chi connectivity index (χ2v) is 6.92. The van der Waals surface area contributed by atoms with Gasteiger partial charge in [-0.05, 0) is 44.4 Å². The first-order valence-corrected chi connectivity index (χ1v) is 9.15. The summed E-state index contributed by atoms with van der Waals surface area (Å²) in [7, 11) is 0. The number of hydrogen-bond donors (Lipinski definition) is 2. The molecule has 0 aliphatic heterocycles. The molecule has 0 saturated carbocycles. The Labute approximate surface area is 165 Å². The smallest absolute Gasteiger partial charge is 0.248 e. The van der Waals surface area contributed by atoms with Gasteiger partial charge in [0.2, 0.25) is 5.91 Å². The van der Waals surface area contributed by atoms with E-state index in [9.17, 15) is 4.79 Å². The molecule has 0 aliphatic rings. The normalized spacial score (nSPS) is 10.5. The maximum Gasteiger partial charge on any atom is 0.248 e. The molecule has 0 saturated heterocycles. The minimum Gasteiger partial charge on any atom is -0.366 e. The summed E-state index contributed by atoms with van der Waals surface area (Å²) in [5.74, 6) is 0.132. The highest BCUT2D eigenvalue weighted by atomic mass is 16.1. The van der Waals surface area contributed by atoms with E-state index in [4.69, 9.17) is 5.73 Å². The van der Waals surface area contributed by atoms with Gasteiger partial charge in [0.1, 0.15) is 5.69 Å². The maximum atomic E-state index is 11.5. The SMILES string of the molecule is C=C(CCc1cc(C)cc(C)c1)Nc1nccnc1-c1cccc(C(N)=O)c1. The second kappa shape index (κ2) is 8.48. The van der Waals surface area contributed by atoms with Crippen LogP contribution in [-0.4, -0.2) is 15.9 Å². The molecular weight excluding hydrogens is 348 g/mol. The zero-order valence-corrected chi connectivity index (χ0v) is 16.2. The zero-order valence-electron chi connectivity index (χ0n) is 16.2.